The summed E-state index contributed by atoms with van der Waals surface area (Å²) >= 11 is 0. The highest BCUT2D eigenvalue weighted by atomic mass is 15.3. The van der Waals surface area contributed by atoms with E-state index in [4.69, 9.17) is 9.97 Å². The van der Waals surface area contributed by atoms with Gasteiger partial charge in [0.25, 0.3) is 0 Å². The minimum atomic E-state index is 0.344. The summed E-state index contributed by atoms with van der Waals surface area (Å²) in [6.45, 7) is 8.29. The maximum absolute atomic E-state index is 5.01. The SMILES string of the molecule is Cc1cc(N(Cc2ccccc2)C(C)C)nc(N2CCCc3ccccc32)n1. The highest BCUT2D eigenvalue weighted by molar-refractivity contribution is 5.64. The number of hydrogen-bond acceptors (Lipinski definition) is 4. The number of anilines is 3. The lowest BCUT2D eigenvalue weighted by atomic mass is 10.0. The second-order valence-electron chi connectivity index (χ2n) is 7.76. The molecule has 28 heavy (non-hydrogen) atoms. The summed E-state index contributed by atoms with van der Waals surface area (Å²) in [5, 5.41) is 0. The largest absolute Gasteiger partial charge is 0.350 e. The smallest absolute Gasteiger partial charge is 0.232 e. The molecular weight excluding hydrogens is 344 g/mol. The summed E-state index contributed by atoms with van der Waals surface area (Å²) in [7, 11) is 0. The van der Waals surface area contributed by atoms with E-state index in [0.717, 1.165) is 43.4 Å². The Bertz CT molecular complexity index is 936. The summed E-state index contributed by atoms with van der Waals surface area (Å²) in [5.41, 5.74) is 4.91. The molecule has 4 rings (SSSR count). The van der Waals surface area contributed by atoms with Gasteiger partial charge in [0, 0.05) is 36.6 Å². The standard InChI is InChI=1S/C24H28N4/c1-18(2)28(17-20-10-5-4-6-11-20)23-16-19(3)25-24(26-23)27-15-9-13-21-12-7-8-14-22(21)27/h4-8,10-12,14,16,18H,9,13,15,17H2,1-3H3. The normalized spacial score (nSPS) is 13.5. The summed E-state index contributed by atoms with van der Waals surface area (Å²) < 4.78 is 0. The van der Waals surface area contributed by atoms with Crippen molar-refractivity contribution in [3.63, 3.8) is 0 Å². The molecule has 0 radical (unpaired) electrons. The monoisotopic (exact) mass is 372 g/mol. The fourth-order valence-electron chi connectivity index (χ4n) is 3.85. The zero-order chi connectivity index (χ0) is 19.5. The van der Waals surface area contributed by atoms with Gasteiger partial charge in [-0.25, -0.2) is 4.98 Å². The van der Waals surface area contributed by atoms with Crippen LogP contribution in [0.2, 0.25) is 0 Å². The highest BCUT2D eigenvalue weighted by Crippen LogP contribution is 2.32. The van der Waals surface area contributed by atoms with Gasteiger partial charge in [0.1, 0.15) is 5.82 Å². The molecular formula is C24H28N4. The van der Waals surface area contributed by atoms with Crippen LogP contribution < -0.4 is 9.80 Å². The molecule has 0 aliphatic carbocycles. The lowest BCUT2D eigenvalue weighted by Crippen LogP contribution is -2.32. The van der Waals surface area contributed by atoms with E-state index in [0.29, 0.717) is 6.04 Å². The molecule has 1 aliphatic rings. The van der Waals surface area contributed by atoms with E-state index in [1.54, 1.807) is 0 Å². The van der Waals surface area contributed by atoms with E-state index in [1.165, 1.54) is 16.8 Å². The van der Waals surface area contributed by atoms with Crippen molar-refractivity contribution < 1.29 is 0 Å². The van der Waals surface area contributed by atoms with Crippen molar-refractivity contribution in [2.24, 2.45) is 0 Å². The van der Waals surface area contributed by atoms with Gasteiger partial charge in [-0.2, -0.15) is 4.98 Å². The Labute approximate surface area is 167 Å². The van der Waals surface area contributed by atoms with Crippen LogP contribution >= 0.6 is 0 Å². The molecule has 2 heterocycles. The number of benzene rings is 2. The summed E-state index contributed by atoms with van der Waals surface area (Å²) in [4.78, 5) is 14.4. The summed E-state index contributed by atoms with van der Waals surface area (Å²) in [6, 6.07) is 21.6. The van der Waals surface area contributed by atoms with Crippen molar-refractivity contribution in [1.29, 1.82) is 0 Å². The Kier molecular flexibility index (Phi) is 5.29. The molecule has 2 aromatic carbocycles. The van der Waals surface area contributed by atoms with E-state index in [9.17, 15) is 0 Å². The third-order valence-electron chi connectivity index (χ3n) is 5.29. The van der Waals surface area contributed by atoms with Crippen molar-refractivity contribution in [2.75, 3.05) is 16.3 Å². The van der Waals surface area contributed by atoms with Crippen LogP contribution in [0.25, 0.3) is 0 Å². The van der Waals surface area contributed by atoms with Crippen LogP contribution in [0.1, 0.15) is 37.1 Å². The maximum atomic E-state index is 5.01. The fraction of sp³-hybridized carbons (Fsp3) is 0.333. The van der Waals surface area contributed by atoms with Crippen molar-refractivity contribution in [3.8, 4) is 0 Å². The molecule has 4 heteroatoms. The van der Waals surface area contributed by atoms with Gasteiger partial charge in [-0.3, -0.25) is 0 Å². The van der Waals surface area contributed by atoms with Gasteiger partial charge >= 0.3 is 0 Å². The minimum Gasteiger partial charge on any atom is -0.350 e. The van der Waals surface area contributed by atoms with Crippen molar-refractivity contribution >= 4 is 17.5 Å². The first kappa shape index (κ1) is 18.5. The average Bonchev–Trinajstić information content (AvgIpc) is 2.71. The number of rotatable bonds is 5. The van der Waals surface area contributed by atoms with Crippen LogP contribution in [-0.4, -0.2) is 22.6 Å². The number of fused-ring (bicyclic) bond motifs is 1. The molecule has 0 bridgehead atoms. The van der Waals surface area contributed by atoms with E-state index in [1.807, 2.05) is 0 Å². The maximum Gasteiger partial charge on any atom is 0.232 e. The van der Waals surface area contributed by atoms with Crippen LogP contribution in [-0.2, 0) is 13.0 Å². The van der Waals surface area contributed by atoms with Gasteiger partial charge in [-0.15, -0.1) is 0 Å². The zero-order valence-electron chi connectivity index (χ0n) is 17.0. The molecule has 0 spiro atoms. The predicted molar refractivity (Wildman–Crippen MR) is 116 cm³/mol. The Morgan fingerprint density at radius 3 is 2.54 bits per heavy atom. The van der Waals surface area contributed by atoms with Gasteiger partial charge in [-0.05, 0) is 50.8 Å². The van der Waals surface area contributed by atoms with E-state index in [2.05, 4.69) is 91.2 Å². The van der Waals surface area contributed by atoms with E-state index in [-0.39, 0.29) is 0 Å². The number of para-hydroxylation sites is 1. The van der Waals surface area contributed by atoms with Crippen molar-refractivity contribution in [3.05, 3.63) is 77.5 Å². The Morgan fingerprint density at radius 2 is 1.75 bits per heavy atom. The van der Waals surface area contributed by atoms with Gasteiger partial charge in [0.2, 0.25) is 5.95 Å². The zero-order valence-corrected chi connectivity index (χ0v) is 17.0. The summed E-state index contributed by atoms with van der Waals surface area (Å²) in [5.74, 6) is 1.80. The van der Waals surface area contributed by atoms with Gasteiger partial charge < -0.3 is 9.80 Å². The van der Waals surface area contributed by atoms with Gasteiger partial charge in [0.05, 0.1) is 0 Å². The van der Waals surface area contributed by atoms with E-state index >= 15 is 0 Å². The first-order valence-electron chi connectivity index (χ1n) is 10.1. The van der Waals surface area contributed by atoms with Crippen LogP contribution in [0.3, 0.4) is 0 Å². The quantitative estimate of drug-likeness (QED) is 0.609. The molecule has 0 unspecified atom stereocenters. The first-order chi connectivity index (χ1) is 13.6. The van der Waals surface area contributed by atoms with Crippen molar-refractivity contribution in [1.82, 2.24) is 9.97 Å². The third-order valence-corrected chi connectivity index (χ3v) is 5.29. The van der Waals surface area contributed by atoms with Gasteiger partial charge in [0.15, 0.2) is 0 Å². The van der Waals surface area contributed by atoms with Crippen LogP contribution in [0.5, 0.6) is 0 Å². The van der Waals surface area contributed by atoms with Crippen LogP contribution in [0.4, 0.5) is 17.5 Å². The first-order valence-corrected chi connectivity index (χ1v) is 10.1. The second kappa shape index (κ2) is 8.01. The number of aromatic nitrogens is 2. The lowest BCUT2D eigenvalue weighted by Gasteiger charge is -2.32. The highest BCUT2D eigenvalue weighted by Gasteiger charge is 2.22. The molecule has 0 saturated heterocycles. The van der Waals surface area contributed by atoms with Crippen molar-refractivity contribution in [2.45, 2.75) is 46.2 Å². The molecule has 0 saturated carbocycles. The van der Waals surface area contributed by atoms with Gasteiger partial charge in [-0.1, -0.05) is 48.5 Å². The molecule has 0 N–H and O–H groups in total. The molecule has 144 valence electrons. The number of aryl methyl sites for hydroxylation is 2. The van der Waals surface area contributed by atoms with Crippen LogP contribution in [0, 0.1) is 6.92 Å². The molecule has 3 aromatic rings. The lowest BCUT2D eigenvalue weighted by molar-refractivity contribution is 0.668. The Morgan fingerprint density at radius 1 is 1.00 bits per heavy atom. The Balaban J connectivity index is 1.71. The number of nitrogens with zero attached hydrogens (tertiary/aromatic N) is 4. The van der Waals surface area contributed by atoms with E-state index < -0.39 is 0 Å². The molecule has 0 amide bonds. The molecule has 1 aromatic heterocycles. The molecule has 0 atom stereocenters. The Hall–Kier alpha value is -2.88. The number of hydrogen-bond donors (Lipinski definition) is 0. The predicted octanol–water partition coefficient (Wildman–Crippen LogP) is 5.28. The average molecular weight is 373 g/mol. The molecule has 4 nitrogen and oxygen atoms in total. The fourth-order valence-corrected chi connectivity index (χ4v) is 3.85. The topological polar surface area (TPSA) is 32.3 Å². The third kappa shape index (κ3) is 3.86. The second-order valence-corrected chi connectivity index (χ2v) is 7.76. The summed E-state index contributed by atoms with van der Waals surface area (Å²) in [6.07, 6.45) is 2.25. The molecule has 0 fully saturated rings. The molecule has 1 aliphatic heterocycles. The minimum absolute atomic E-state index is 0.344. The van der Waals surface area contributed by atoms with Crippen LogP contribution in [0.15, 0.2) is 60.7 Å².